The van der Waals surface area contributed by atoms with Gasteiger partial charge in [0.2, 0.25) is 5.91 Å². The molecule has 2 aliphatic heterocycles. The van der Waals surface area contributed by atoms with Gasteiger partial charge in [-0.1, -0.05) is 12.1 Å². The molecule has 0 radical (unpaired) electrons. The Hall–Kier alpha value is -2.57. The quantitative estimate of drug-likeness (QED) is 0.865. The molecule has 0 saturated carbocycles. The van der Waals surface area contributed by atoms with E-state index in [-0.39, 0.29) is 23.9 Å². The lowest BCUT2D eigenvalue weighted by Gasteiger charge is -2.38. The van der Waals surface area contributed by atoms with Crippen LogP contribution in [-0.2, 0) is 22.6 Å². The van der Waals surface area contributed by atoms with E-state index in [2.05, 4.69) is 5.32 Å². The van der Waals surface area contributed by atoms with Crippen LogP contribution in [0, 0.1) is 0 Å². The molecule has 1 atom stereocenters. The fourth-order valence-corrected chi connectivity index (χ4v) is 3.73. The van der Waals surface area contributed by atoms with Crippen molar-refractivity contribution in [3.05, 3.63) is 34.9 Å². The number of hydrogen-bond donors (Lipinski definition) is 1. The zero-order chi connectivity index (χ0) is 20.5. The molecule has 7 nitrogen and oxygen atoms in total. The summed E-state index contributed by atoms with van der Waals surface area (Å²) in [6.45, 7) is 9.18. The highest BCUT2D eigenvalue weighted by atomic mass is 16.6. The molecule has 0 aromatic heterocycles. The van der Waals surface area contributed by atoms with Gasteiger partial charge in [-0.15, -0.1) is 0 Å². The third kappa shape index (κ3) is 4.64. The molecular weight excluding hydrogens is 358 g/mol. The number of nitrogens with zero attached hydrogens (tertiary/aromatic N) is 2. The molecule has 1 aromatic rings. The van der Waals surface area contributed by atoms with Gasteiger partial charge < -0.3 is 19.9 Å². The predicted molar refractivity (Wildman–Crippen MR) is 105 cm³/mol. The number of amides is 3. The number of nitrogens with one attached hydrogen (secondary N) is 1. The fourth-order valence-electron chi connectivity index (χ4n) is 3.73. The second-order valence-corrected chi connectivity index (χ2v) is 8.56. The summed E-state index contributed by atoms with van der Waals surface area (Å²) >= 11 is 0. The standard InChI is InChI=1S/C21H29N3O4/c1-14(25)22-11-15-7-8-18-16(10-15)12-24(19(18)26)17-6-5-9-23(13-17)20(27)28-21(2,3)4/h7-8,10,17H,5-6,9,11-13H2,1-4H3,(H,22,25). The smallest absolute Gasteiger partial charge is 0.410 e. The molecular formula is C21H29N3O4. The molecule has 1 N–H and O–H groups in total. The zero-order valence-corrected chi connectivity index (χ0v) is 17.1. The lowest BCUT2D eigenvalue weighted by molar-refractivity contribution is -0.119. The molecule has 0 aliphatic carbocycles. The molecule has 1 unspecified atom stereocenters. The van der Waals surface area contributed by atoms with E-state index in [0.29, 0.717) is 31.7 Å². The third-order valence-electron chi connectivity index (χ3n) is 5.03. The maximum absolute atomic E-state index is 12.9. The topological polar surface area (TPSA) is 79.0 Å². The zero-order valence-electron chi connectivity index (χ0n) is 17.1. The van der Waals surface area contributed by atoms with Crippen molar-refractivity contribution in [1.82, 2.24) is 15.1 Å². The van der Waals surface area contributed by atoms with Crippen LogP contribution in [0.5, 0.6) is 0 Å². The number of hydrogen-bond acceptors (Lipinski definition) is 4. The normalized spacial score (nSPS) is 19.4. The van der Waals surface area contributed by atoms with Crippen LogP contribution < -0.4 is 5.32 Å². The van der Waals surface area contributed by atoms with Crippen molar-refractivity contribution >= 4 is 17.9 Å². The minimum absolute atomic E-state index is 0.0112. The number of carbonyl (C=O) groups is 3. The predicted octanol–water partition coefficient (Wildman–Crippen LogP) is 2.68. The first-order chi connectivity index (χ1) is 13.1. The van der Waals surface area contributed by atoms with E-state index in [9.17, 15) is 14.4 Å². The summed E-state index contributed by atoms with van der Waals surface area (Å²) in [5.74, 6) is -0.0697. The van der Waals surface area contributed by atoms with E-state index in [0.717, 1.165) is 24.0 Å². The van der Waals surface area contributed by atoms with Gasteiger partial charge >= 0.3 is 6.09 Å². The highest BCUT2D eigenvalue weighted by Crippen LogP contribution is 2.29. The number of carbonyl (C=O) groups excluding carboxylic acids is 3. The Kier molecular flexibility index (Phi) is 5.63. The first-order valence-electron chi connectivity index (χ1n) is 9.79. The molecule has 1 saturated heterocycles. The highest BCUT2D eigenvalue weighted by Gasteiger charge is 2.36. The van der Waals surface area contributed by atoms with Gasteiger partial charge in [-0.2, -0.15) is 0 Å². The van der Waals surface area contributed by atoms with Crippen LogP contribution in [0.4, 0.5) is 4.79 Å². The van der Waals surface area contributed by atoms with Crippen LogP contribution in [0.3, 0.4) is 0 Å². The highest BCUT2D eigenvalue weighted by molar-refractivity contribution is 5.98. The minimum Gasteiger partial charge on any atom is -0.444 e. The Morgan fingerprint density at radius 1 is 1.29 bits per heavy atom. The second-order valence-electron chi connectivity index (χ2n) is 8.56. The van der Waals surface area contributed by atoms with Crippen LogP contribution in [0.15, 0.2) is 18.2 Å². The van der Waals surface area contributed by atoms with Crippen LogP contribution in [0.25, 0.3) is 0 Å². The van der Waals surface area contributed by atoms with Crippen LogP contribution >= 0.6 is 0 Å². The summed E-state index contributed by atoms with van der Waals surface area (Å²) in [5.41, 5.74) is 2.12. The van der Waals surface area contributed by atoms with E-state index in [1.807, 2.05) is 43.9 Å². The summed E-state index contributed by atoms with van der Waals surface area (Å²) < 4.78 is 5.49. The van der Waals surface area contributed by atoms with Crippen molar-refractivity contribution in [1.29, 1.82) is 0 Å². The van der Waals surface area contributed by atoms with E-state index in [1.54, 1.807) is 4.90 Å². The molecule has 1 fully saturated rings. The Morgan fingerprint density at radius 2 is 2.04 bits per heavy atom. The van der Waals surface area contributed by atoms with Gasteiger partial charge in [0.25, 0.3) is 5.91 Å². The maximum Gasteiger partial charge on any atom is 0.410 e. The molecule has 2 heterocycles. The lowest BCUT2D eigenvalue weighted by atomic mass is 10.0. The number of benzene rings is 1. The van der Waals surface area contributed by atoms with E-state index < -0.39 is 5.60 Å². The number of fused-ring (bicyclic) bond motifs is 1. The first kappa shape index (κ1) is 20.2. The average molecular weight is 387 g/mol. The SMILES string of the molecule is CC(=O)NCc1ccc2c(c1)CN(C1CCCN(C(=O)OC(C)(C)C)C1)C2=O. The van der Waals surface area contributed by atoms with Crippen molar-refractivity contribution < 1.29 is 19.1 Å². The lowest BCUT2D eigenvalue weighted by Crippen LogP contribution is -2.50. The Morgan fingerprint density at radius 3 is 2.71 bits per heavy atom. The fraction of sp³-hybridized carbons (Fsp3) is 0.571. The molecule has 152 valence electrons. The summed E-state index contributed by atoms with van der Waals surface area (Å²) in [5, 5.41) is 2.78. The first-order valence-corrected chi connectivity index (χ1v) is 9.79. The van der Waals surface area contributed by atoms with Crippen molar-refractivity contribution in [2.45, 2.75) is 65.3 Å². The van der Waals surface area contributed by atoms with E-state index in [1.165, 1.54) is 6.92 Å². The number of rotatable bonds is 3. The van der Waals surface area contributed by atoms with Crippen LogP contribution in [0.2, 0.25) is 0 Å². The van der Waals surface area contributed by atoms with Gasteiger partial charge in [0, 0.05) is 38.7 Å². The van der Waals surface area contributed by atoms with E-state index >= 15 is 0 Å². The number of likely N-dealkylation sites (tertiary alicyclic amines) is 1. The molecule has 2 aliphatic rings. The minimum atomic E-state index is -0.534. The molecule has 1 aromatic carbocycles. The van der Waals surface area contributed by atoms with Crippen molar-refractivity contribution in [2.75, 3.05) is 13.1 Å². The summed E-state index contributed by atoms with van der Waals surface area (Å²) in [4.78, 5) is 40.0. The van der Waals surface area contributed by atoms with E-state index in [4.69, 9.17) is 4.74 Å². The summed E-state index contributed by atoms with van der Waals surface area (Å²) in [7, 11) is 0. The molecule has 0 bridgehead atoms. The van der Waals surface area contributed by atoms with Gasteiger partial charge in [0.05, 0.1) is 6.04 Å². The molecule has 28 heavy (non-hydrogen) atoms. The second kappa shape index (κ2) is 7.81. The molecule has 0 spiro atoms. The summed E-state index contributed by atoms with van der Waals surface area (Å²) in [6, 6.07) is 5.69. The van der Waals surface area contributed by atoms with Crippen molar-refractivity contribution in [3.63, 3.8) is 0 Å². The Labute approximate surface area is 166 Å². The number of ether oxygens (including phenoxy) is 1. The van der Waals surface area contributed by atoms with Gasteiger partial charge in [0.1, 0.15) is 5.60 Å². The van der Waals surface area contributed by atoms with Gasteiger partial charge in [-0.3, -0.25) is 9.59 Å². The summed E-state index contributed by atoms with van der Waals surface area (Å²) in [6.07, 6.45) is 1.40. The van der Waals surface area contributed by atoms with Crippen LogP contribution in [0.1, 0.15) is 62.0 Å². The van der Waals surface area contributed by atoms with Gasteiger partial charge in [-0.25, -0.2) is 4.79 Å². The van der Waals surface area contributed by atoms with Gasteiger partial charge in [-0.05, 0) is 50.8 Å². The maximum atomic E-state index is 12.9. The van der Waals surface area contributed by atoms with Crippen molar-refractivity contribution in [2.24, 2.45) is 0 Å². The largest absolute Gasteiger partial charge is 0.444 e. The molecule has 7 heteroatoms. The number of piperidine rings is 1. The monoisotopic (exact) mass is 387 g/mol. The molecule has 3 rings (SSSR count). The van der Waals surface area contributed by atoms with Crippen LogP contribution in [-0.4, -0.2) is 52.4 Å². The van der Waals surface area contributed by atoms with Gasteiger partial charge in [0.15, 0.2) is 0 Å². The Bertz CT molecular complexity index is 784. The molecule has 3 amide bonds. The van der Waals surface area contributed by atoms with Crippen molar-refractivity contribution in [3.8, 4) is 0 Å². The average Bonchev–Trinajstić information content (AvgIpc) is 2.95. The Balaban J connectivity index is 1.67. The third-order valence-corrected chi connectivity index (χ3v) is 5.03.